The molecule has 1 rings (SSSR count). The van der Waals surface area contributed by atoms with Crippen LogP contribution in [0.2, 0.25) is 0 Å². The topological polar surface area (TPSA) is 55.1 Å². The van der Waals surface area contributed by atoms with Crippen molar-refractivity contribution in [1.29, 1.82) is 0 Å². The molecule has 2 atom stereocenters. The fourth-order valence-electron chi connectivity index (χ4n) is 2.09. The third-order valence-corrected chi connectivity index (χ3v) is 3.25. The minimum Gasteiger partial charge on any atom is -0.351 e. The van der Waals surface area contributed by atoms with E-state index in [2.05, 4.69) is 25.1 Å². The van der Waals surface area contributed by atoms with Crippen molar-refractivity contribution >= 4 is 5.91 Å². The lowest BCUT2D eigenvalue weighted by molar-refractivity contribution is -0.123. The second kappa shape index (κ2) is 4.67. The van der Waals surface area contributed by atoms with Crippen molar-refractivity contribution in [3.8, 4) is 12.3 Å². The summed E-state index contributed by atoms with van der Waals surface area (Å²) in [6, 6.07) is -0.319. The van der Waals surface area contributed by atoms with E-state index in [9.17, 15) is 4.79 Å². The molecular weight excluding hydrogens is 188 g/mol. The van der Waals surface area contributed by atoms with Crippen LogP contribution in [0, 0.1) is 17.8 Å². The lowest BCUT2D eigenvalue weighted by Crippen LogP contribution is -2.48. The molecule has 0 bridgehead atoms. The van der Waals surface area contributed by atoms with Gasteiger partial charge in [0.1, 0.15) is 0 Å². The lowest BCUT2D eigenvalue weighted by atomic mass is 9.87. The molecule has 1 saturated carbocycles. The minimum absolute atomic E-state index is 0.118. The lowest BCUT2D eigenvalue weighted by Gasteiger charge is -2.28. The molecule has 3 heteroatoms. The Morgan fingerprint density at radius 2 is 2.40 bits per heavy atom. The van der Waals surface area contributed by atoms with E-state index in [1.807, 2.05) is 0 Å². The van der Waals surface area contributed by atoms with Gasteiger partial charge in [-0.15, -0.1) is 12.3 Å². The molecular formula is C12H20N2O. The Hall–Kier alpha value is -1.01. The largest absolute Gasteiger partial charge is 0.351 e. The summed E-state index contributed by atoms with van der Waals surface area (Å²) in [4.78, 5) is 11.6. The highest BCUT2D eigenvalue weighted by Crippen LogP contribution is 2.37. The maximum absolute atomic E-state index is 11.6. The summed E-state index contributed by atoms with van der Waals surface area (Å²) in [7, 11) is 0. The van der Waals surface area contributed by atoms with Crippen molar-refractivity contribution < 1.29 is 4.79 Å². The van der Waals surface area contributed by atoms with Gasteiger partial charge in [-0.25, -0.2) is 0 Å². The molecule has 2 unspecified atom stereocenters. The summed E-state index contributed by atoms with van der Waals surface area (Å²) in [5, 5.41) is 2.99. The van der Waals surface area contributed by atoms with Crippen LogP contribution in [-0.2, 0) is 4.79 Å². The molecule has 0 aromatic rings. The Morgan fingerprint density at radius 1 is 1.73 bits per heavy atom. The average Bonchev–Trinajstić information content (AvgIpc) is 2.46. The zero-order valence-electron chi connectivity index (χ0n) is 9.55. The van der Waals surface area contributed by atoms with Gasteiger partial charge in [0.05, 0.1) is 6.04 Å². The molecule has 0 heterocycles. The number of terminal acetylenes is 1. The maximum Gasteiger partial charge on any atom is 0.238 e. The molecule has 15 heavy (non-hydrogen) atoms. The van der Waals surface area contributed by atoms with Crippen LogP contribution >= 0.6 is 0 Å². The average molecular weight is 208 g/mol. The quantitative estimate of drug-likeness (QED) is 0.681. The number of amides is 1. The van der Waals surface area contributed by atoms with Crippen LogP contribution in [0.25, 0.3) is 0 Å². The van der Waals surface area contributed by atoms with E-state index in [4.69, 9.17) is 12.2 Å². The van der Waals surface area contributed by atoms with E-state index in [0.29, 0.717) is 6.42 Å². The van der Waals surface area contributed by atoms with Crippen molar-refractivity contribution in [3.05, 3.63) is 0 Å². The van der Waals surface area contributed by atoms with Crippen LogP contribution in [-0.4, -0.2) is 18.0 Å². The van der Waals surface area contributed by atoms with Gasteiger partial charge in [0, 0.05) is 12.5 Å². The maximum atomic E-state index is 11.6. The number of carbonyl (C=O) groups is 1. The van der Waals surface area contributed by atoms with Gasteiger partial charge in [-0.1, -0.05) is 20.3 Å². The van der Waals surface area contributed by atoms with E-state index < -0.39 is 6.04 Å². The number of nitrogens with two attached hydrogens (primary N) is 1. The molecule has 0 saturated heterocycles. The second-order valence-electron chi connectivity index (χ2n) is 4.96. The zero-order valence-corrected chi connectivity index (χ0v) is 9.55. The fourth-order valence-corrected chi connectivity index (χ4v) is 2.09. The highest BCUT2D eigenvalue weighted by atomic mass is 16.2. The summed E-state index contributed by atoms with van der Waals surface area (Å²) in [5.74, 6) is 2.29. The number of hydrogen-bond acceptors (Lipinski definition) is 2. The van der Waals surface area contributed by atoms with E-state index >= 15 is 0 Å². The van der Waals surface area contributed by atoms with Crippen LogP contribution in [0.5, 0.6) is 0 Å². The van der Waals surface area contributed by atoms with E-state index in [1.165, 1.54) is 6.42 Å². The van der Waals surface area contributed by atoms with Crippen LogP contribution < -0.4 is 11.1 Å². The van der Waals surface area contributed by atoms with Gasteiger partial charge in [-0.05, 0) is 18.3 Å². The predicted octanol–water partition coefficient (Wildman–Crippen LogP) is 1.03. The highest BCUT2D eigenvalue weighted by Gasteiger charge is 2.35. The molecule has 1 amide bonds. The Balaban J connectivity index is 2.48. The molecule has 0 radical (unpaired) electrons. The van der Waals surface area contributed by atoms with Gasteiger partial charge in [0.2, 0.25) is 5.91 Å². The van der Waals surface area contributed by atoms with Gasteiger partial charge < -0.3 is 11.1 Å². The number of rotatable bonds is 3. The third kappa shape index (κ3) is 2.97. The van der Waals surface area contributed by atoms with Crippen LogP contribution in [0.4, 0.5) is 0 Å². The second-order valence-corrected chi connectivity index (χ2v) is 4.96. The molecule has 0 aromatic heterocycles. The first-order valence-electron chi connectivity index (χ1n) is 5.47. The Morgan fingerprint density at radius 3 is 2.87 bits per heavy atom. The van der Waals surface area contributed by atoms with Gasteiger partial charge in [-0.2, -0.15) is 0 Å². The van der Waals surface area contributed by atoms with Crippen molar-refractivity contribution in [2.45, 2.75) is 51.6 Å². The van der Waals surface area contributed by atoms with E-state index in [-0.39, 0.29) is 17.4 Å². The Bertz CT molecular complexity index is 278. The summed E-state index contributed by atoms with van der Waals surface area (Å²) in [6.07, 6.45) is 8.79. The first kappa shape index (κ1) is 12.1. The van der Waals surface area contributed by atoms with Crippen molar-refractivity contribution in [1.82, 2.24) is 5.32 Å². The van der Waals surface area contributed by atoms with Gasteiger partial charge in [0.25, 0.3) is 0 Å². The standard InChI is InChI=1S/C12H20N2O/c1-4-6-9(13)11(15)14-10-7-5-8-12(10,2)3/h1,9-10H,5-8,13H2,2-3H3,(H,14,15). The number of hydrogen-bond donors (Lipinski definition) is 2. The monoisotopic (exact) mass is 208 g/mol. The van der Waals surface area contributed by atoms with Gasteiger partial charge in [0.15, 0.2) is 0 Å². The molecule has 1 fully saturated rings. The molecule has 3 N–H and O–H groups in total. The van der Waals surface area contributed by atoms with Gasteiger partial charge in [-0.3, -0.25) is 4.79 Å². The first-order valence-corrected chi connectivity index (χ1v) is 5.47. The minimum atomic E-state index is -0.564. The molecule has 0 aliphatic heterocycles. The highest BCUT2D eigenvalue weighted by molar-refractivity contribution is 5.82. The molecule has 0 spiro atoms. The van der Waals surface area contributed by atoms with E-state index in [0.717, 1.165) is 12.8 Å². The third-order valence-electron chi connectivity index (χ3n) is 3.25. The molecule has 1 aliphatic rings. The number of carbonyl (C=O) groups excluding carboxylic acids is 1. The van der Waals surface area contributed by atoms with Crippen molar-refractivity contribution in [2.75, 3.05) is 0 Å². The SMILES string of the molecule is C#CCC(N)C(=O)NC1CCCC1(C)C. The molecule has 0 aromatic carbocycles. The Labute approximate surface area is 91.8 Å². The summed E-state index contributed by atoms with van der Waals surface area (Å²) in [5.41, 5.74) is 5.83. The summed E-state index contributed by atoms with van der Waals surface area (Å²) < 4.78 is 0. The van der Waals surface area contributed by atoms with Crippen LogP contribution in [0.1, 0.15) is 39.5 Å². The van der Waals surface area contributed by atoms with Crippen molar-refractivity contribution in [3.63, 3.8) is 0 Å². The van der Waals surface area contributed by atoms with E-state index in [1.54, 1.807) is 0 Å². The molecule has 3 nitrogen and oxygen atoms in total. The molecule has 1 aliphatic carbocycles. The zero-order chi connectivity index (χ0) is 11.5. The Kier molecular flexibility index (Phi) is 3.76. The fraction of sp³-hybridized carbons (Fsp3) is 0.750. The predicted molar refractivity (Wildman–Crippen MR) is 61.0 cm³/mol. The summed E-state index contributed by atoms with van der Waals surface area (Å²) >= 11 is 0. The van der Waals surface area contributed by atoms with Crippen LogP contribution in [0.15, 0.2) is 0 Å². The molecule has 84 valence electrons. The smallest absolute Gasteiger partial charge is 0.238 e. The summed E-state index contributed by atoms with van der Waals surface area (Å²) in [6.45, 7) is 4.36. The van der Waals surface area contributed by atoms with Crippen LogP contribution in [0.3, 0.4) is 0 Å². The van der Waals surface area contributed by atoms with Gasteiger partial charge >= 0.3 is 0 Å². The first-order chi connectivity index (χ1) is 6.97. The number of nitrogens with one attached hydrogen (secondary N) is 1. The normalized spacial score (nSPS) is 25.6. The van der Waals surface area contributed by atoms with Crippen molar-refractivity contribution in [2.24, 2.45) is 11.1 Å².